The quantitative estimate of drug-likeness (QED) is 0.127. The van der Waals surface area contributed by atoms with Crippen LogP contribution in [-0.4, -0.2) is 100 Å². The number of hydrogen-bond acceptors (Lipinski definition) is 9. The Balaban J connectivity index is 1.05. The molecule has 3 N–H and O–H groups in total. The number of nitrogens with one attached hydrogen (secondary N) is 3. The van der Waals surface area contributed by atoms with E-state index in [1.54, 1.807) is 47.5 Å². The molecule has 2 aromatic carbocycles. The third kappa shape index (κ3) is 10.3. The average molecular weight is 871 g/mol. The number of H-pyrrole nitrogens is 1. The van der Waals surface area contributed by atoms with E-state index >= 15 is 0 Å². The van der Waals surface area contributed by atoms with Gasteiger partial charge in [0.1, 0.15) is 29.5 Å². The molecule has 1 saturated carbocycles. The van der Waals surface area contributed by atoms with Gasteiger partial charge in [-0.1, -0.05) is 65.0 Å². The maximum absolute atomic E-state index is 13.9. The predicted octanol–water partition coefficient (Wildman–Crippen LogP) is 7.97. The highest BCUT2D eigenvalue weighted by Gasteiger charge is 2.41. The zero-order valence-electron chi connectivity index (χ0n) is 36.4. The number of piperazine rings is 1. The van der Waals surface area contributed by atoms with Gasteiger partial charge in [-0.25, -0.2) is 14.8 Å². The molecule has 63 heavy (non-hydrogen) atoms. The van der Waals surface area contributed by atoms with Gasteiger partial charge in [0, 0.05) is 60.5 Å². The number of carbonyl (C=O) groups excluding carboxylic acids is 4. The van der Waals surface area contributed by atoms with Gasteiger partial charge in [0.15, 0.2) is 0 Å². The lowest BCUT2D eigenvalue weighted by atomic mass is 9.94. The van der Waals surface area contributed by atoms with Gasteiger partial charge in [-0.05, 0) is 73.1 Å². The van der Waals surface area contributed by atoms with Crippen LogP contribution in [0.4, 0.5) is 29.5 Å². The number of alkyl carbamates (subject to hydrolysis) is 1. The Hall–Kier alpha value is -6.39. The monoisotopic (exact) mass is 870 g/mol. The van der Waals surface area contributed by atoms with Crippen molar-refractivity contribution in [3.05, 3.63) is 90.0 Å². The molecule has 14 nitrogen and oxygen atoms in total. The van der Waals surface area contributed by atoms with Crippen LogP contribution < -0.4 is 20.3 Å². The molecule has 0 bridgehead atoms. The van der Waals surface area contributed by atoms with E-state index in [0.29, 0.717) is 66.2 Å². The number of halogens is 3. The van der Waals surface area contributed by atoms with E-state index in [4.69, 9.17) is 9.72 Å². The Labute approximate surface area is 364 Å². The molecule has 17 heteroatoms. The summed E-state index contributed by atoms with van der Waals surface area (Å²) >= 11 is 0. The van der Waals surface area contributed by atoms with E-state index in [1.165, 1.54) is 25.4 Å². The first-order chi connectivity index (χ1) is 29.8. The second-order valence-electron chi connectivity index (χ2n) is 17.7. The van der Waals surface area contributed by atoms with E-state index in [1.807, 2.05) is 46.4 Å². The number of ether oxygens (including phenoxy) is 2. The molecule has 2 aromatic heterocycles. The van der Waals surface area contributed by atoms with Crippen molar-refractivity contribution < 1.29 is 41.8 Å². The number of rotatable bonds is 11. The zero-order valence-corrected chi connectivity index (χ0v) is 36.4. The molecular formula is C46H53F3N8O6. The molecule has 3 aliphatic rings. The van der Waals surface area contributed by atoms with Crippen LogP contribution in [0.2, 0.25) is 0 Å². The van der Waals surface area contributed by atoms with E-state index in [0.717, 1.165) is 24.5 Å². The zero-order chi connectivity index (χ0) is 45.4. The highest BCUT2D eigenvalue weighted by molar-refractivity contribution is 6.05. The molecule has 7 rings (SSSR count). The van der Waals surface area contributed by atoms with Crippen molar-refractivity contribution in [1.82, 2.24) is 30.1 Å². The third-order valence-electron chi connectivity index (χ3n) is 11.5. The first-order valence-electron chi connectivity index (χ1n) is 21.0. The summed E-state index contributed by atoms with van der Waals surface area (Å²) in [6, 6.07) is 12.7. The van der Waals surface area contributed by atoms with Crippen LogP contribution in [0.5, 0.6) is 5.75 Å². The van der Waals surface area contributed by atoms with Crippen LogP contribution >= 0.6 is 0 Å². The molecule has 0 radical (unpaired) electrons. The molecule has 2 fully saturated rings. The molecule has 4 amide bonds. The van der Waals surface area contributed by atoms with Gasteiger partial charge < -0.3 is 39.8 Å². The molecular weight excluding hydrogens is 818 g/mol. The number of aromatic amines is 1. The van der Waals surface area contributed by atoms with Crippen molar-refractivity contribution >= 4 is 35.3 Å². The van der Waals surface area contributed by atoms with Crippen molar-refractivity contribution in [2.75, 3.05) is 43.5 Å². The highest BCUT2D eigenvalue weighted by Crippen LogP contribution is 2.43. The Morgan fingerprint density at radius 2 is 1.67 bits per heavy atom. The van der Waals surface area contributed by atoms with Crippen molar-refractivity contribution in [3.63, 3.8) is 0 Å². The highest BCUT2D eigenvalue weighted by atomic mass is 19.4. The van der Waals surface area contributed by atoms with Crippen LogP contribution in [-0.2, 0) is 14.3 Å². The summed E-state index contributed by atoms with van der Waals surface area (Å²) in [7, 11) is 1.25. The number of methoxy groups -OCH3 is 1. The number of nitrogens with zero attached hydrogens (tertiary/aromatic N) is 5. The summed E-state index contributed by atoms with van der Waals surface area (Å²) in [5.41, 5.74) is 2.69. The van der Waals surface area contributed by atoms with Crippen LogP contribution in [0.15, 0.2) is 78.6 Å². The van der Waals surface area contributed by atoms with Crippen LogP contribution in [0.1, 0.15) is 76.6 Å². The van der Waals surface area contributed by atoms with Gasteiger partial charge in [-0.15, -0.1) is 13.2 Å². The fourth-order valence-electron chi connectivity index (χ4n) is 8.04. The lowest BCUT2D eigenvalue weighted by Gasteiger charge is -2.42. The normalized spacial score (nSPS) is 18.5. The second kappa shape index (κ2) is 17.8. The molecule has 0 spiro atoms. The first-order valence-corrected chi connectivity index (χ1v) is 21.0. The number of carbonyl (C=O) groups is 4. The van der Waals surface area contributed by atoms with Crippen LogP contribution in [0.3, 0.4) is 0 Å². The fourth-order valence-corrected chi connectivity index (χ4v) is 8.04. The minimum absolute atomic E-state index is 0.00480. The van der Waals surface area contributed by atoms with Gasteiger partial charge in [-0.2, -0.15) is 0 Å². The predicted molar refractivity (Wildman–Crippen MR) is 231 cm³/mol. The third-order valence-corrected chi connectivity index (χ3v) is 11.5. The van der Waals surface area contributed by atoms with Crippen molar-refractivity contribution in [3.8, 4) is 28.1 Å². The Bertz CT molecular complexity index is 2370. The van der Waals surface area contributed by atoms with Gasteiger partial charge in [-0.3, -0.25) is 14.4 Å². The number of aromatic nitrogens is 3. The number of anilines is 2. The maximum atomic E-state index is 13.9. The van der Waals surface area contributed by atoms with E-state index < -0.39 is 41.6 Å². The minimum atomic E-state index is -5.04. The maximum Gasteiger partial charge on any atom is 0.573 e. The molecule has 1 saturated heterocycles. The second-order valence-corrected chi connectivity index (χ2v) is 17.7. The molecule has 334 valence electrons. The largest absolute Gasteiger partial charge is 0.573 e. The topological polar surface area (TPSA) is 162 Å². The Kier molecular flexibility index (Phi) is 12.6. The molecule has 3 atom stereocenters. The number of amides is 4. The Morgan fingerprint density at radius 3 is 2.27 bits per heavy atom. The van der Waals surface area contributed by atoms with Crippen molar-refractivity contribution in [2.45, 2.75) is 78.9 Å². The minimum Gasteiger partial charge on any atom is -0.453 e. The summed E-state index contributed by atoms with van der Waals surface area (Å²) in [5, 5.41) is 5.38. The van der Waals surface area contributed by atoms with Gasteiger partial charge in [0.25, 0.3) is 5.91 Å². The smallest absolute Gasteiger partial charge is 0.453 e. The summed E-state index contributed by atoms with van der Waals surface area (Å²) in [5.74, 6) is 0.0162. The lowest BCUT2D eigenvalue weighted by molar-refractivity contribution is -0.274. The standard InChI is InChI=1S/C46H53F3N8O6/c1-26(2)39(54-44(61)62-7)42(59)57-25-32(28-8-9-28)20-36(57)40-51-23-35(53-40)30-12-10-29(11-13-30)34-16-14-31(21-37(34)63-46(47,48)49)41(58)52-33-15-17-38(50-22-33)56-19-18-55(24-27(56)3)43(60)45(4,5)6/h10-17,20-23,26-28,36,39H,8-9,18-19,24-25H2,1-7H3,(H,51,53)(H,52,58)(H,54,61)/t27-,36+,39+/m1/s1. The molecule has 0 unspecified atom stereocenters. The number of pyridine rings is 1. The Morgan fingerprint density at radius 1 is 0.952 bits per heavy atom. The van der Waals surface area contributed by atoms with Crippen molar-refractivity contribution in [2.24, 2.45) is 17.3 Å². The summed E-state index contributed by atoms with van der Waals surface area (Å²) in [4.78, 5) is 70.4. The molecule has 2 aliphatic heterocycles. The number of alkyl halides is 3. The van der Waals surface area contributed by atoms with E-state index in [2.05, 4.69) is 36.3 Å². The van der Waals surface area contributed by atoms with Gasteiger partial charge in [0.05, 0.1) is 24.7 Å². The van der Waals surface area contributed by atoms with Crippen LogP contribution in [0.25, 0.3) is 22.4 Å². The molecule has 4 aromatic rings. The number of imidazole rings is 1. The first kappa shape index (κ1) is 44.7. The summed E-state index contributed by atoms with van der Waals surface area (Å²) < 4.78 is 50.5. The fraction of sp³-hybridized carbons (Fsp3) is 0.435. The number of benzene rings is 2. The average Bonchev–Trinajstić information content (AvgIpc) is 3.80. The molecule has 1 aliphatic carbocycles. The molecule has 4 heterocycles. The van der Waals surface area contributed by atoms with Gasteiger partial charge in [0.2, 0.25) is 11.8 Å². The van der Waals surface area contributed by atoms with E-state index in [9.17, 15) is 32.3 Å². The van der Waals surface area contributed by atoms with E-state index in [-0.39, 0.29) is 34.9 Å². The van der Waals surface area contributed by atoms with Crippen molar-refractivity contribution in [1.29, 1.82) is 0 Å². The van der Waals surface area contributed by atoms with Gasteiger partial charge >= 0.3 is 12.5 Å². The summed E-state index contributed by atoms with van der Waals surface area (Å²) in [6.45, 7) is 13.5. The SMILES string of the molecule is COC(=O)N[C@H](C(=O)N1CC(C2CC2)=C[C@H]1c1nc(-c2ccc(-c3ccc(C(=O)Nc4ccc(N5CCN(C(=O)C(C)(C)C)C[C@H]5C)nc4)cc3OC(F)(F)F)cc2)c[nH]1)C(C)C. The van der Waals surface area contributed by atoms with Crippen LogP contribution in [0, 0.1) is 17.3 Å². The summed E-state index contributed by atoms with van der Waals surface area (Å²) in [6.07, 6.45) is 1.60. The lowest BCUT2D eigenvalue weighted by Crippen LogP contribution is -2.56. The number of hydrogen-bond donors (Lipinski definition) is 3.